The molecule has 0 aliphatic carbocycles. The van der Waals surface area contributed by atoms with E-state index < -0.39 is 0 Å². The smallest absolute Gasteiger partial charge is 0.0799 e. The Kier molecular flexibility index (Phi) is 8.30. The first-order valence-corrected chi connectivity index (χ1v) is 6.81. The first kappa shape index (κ1) is 16.5. The van der Waals surface area contributed by atoms with Crippen molar-refractivity contribution in [1.29, 1.82) is 0 Å². The summed E-state index contributed by atoms with van der Waals surface area (Å²) in [5, 5.41) is 8.85. The molecule has 0 fully saturated rings. The molecule has 0 aliphatic heterocycles. The van der Waals surface area contributed by atoms with Crippen molar-refractivity contribution in [2.45, 2.75) is 51.5 Å². The number of rotatable bonds is 5. The fourth-order valence-corrected chi connectivity index (χ4v) is 1.72. The predicted octanol–water partition coefficient (Wildman–Crippen LogP) is 4.21. The second-order valence-corrected chi connectivity index (χ2v) is 5.02. The lowest BCUT2D eigenvalue weighted by atomic mass is 10.1. The van der Waals surface area contributed by atoms with E-state index in [2.05, 4.69) is 19.1 Å². The SMILES string of the molecule is CC.Cc1ccc(SOC(C)(C)CCO)cc1. The van der Waals surface area contributed by atoms with Gasteiger partial charge in [-0.05, 0) is 32.9 Å². The van der Waals surface area contributed by atoms with Gasteiger partial charge in [-0.25, -0.2) is 0 Å². The molecular formula is C14H24O2S. The highest BCUT2D eigenvalue weighted by atomic mass is 32.2. The molecule has 0 bridgehead atoms. The van der Waals surface area contributed by atoms with Gasteiger partial charge in [-0.15, -0.1) is 0 Å². The van der Waals surface area contributed by atoms with Crippen LogP contribution in [-0.2, 0) is 4.18 Å². The minimum absolute atomic E-state index is 0.154. The minimum Gasteiger partial charge on any atom is -0.396 e. The summed E-state index contributed by atoms with van der Waals surface area (Å²) in [6.45, 7) is 10.2. The number of benzene rings is 1. The number of hydrogen-bond acceptors (Lipinski definition) is 3. The zero-order valence-electron chi connectivity index (χ0n) is 11.5. The minimum atomic E-state index is -0.287. The summed E-state index contributed by atoms with van der Waals surface area (Å²) in [6, 6.07) is 8.19. The van der Waals surface area contributed by atoms with Crippen molar-refractivity contribution in [2.24, 2.45) is 0 Å². The molecule has 0 atom stereocenters. The Morgan fingerprint density at radius 3 is 2.18 bits per heavy atom. The molecule has 2 nitrogen and oxygen atoms in total. The van der Waals surface area contributed by atoms with E-state index in [0.29, 0.717) is 6.42 Å². The van der Waals surface area contributed by atoms with Gasteiger partial charge in [0.1, 0.15) is 0 Å². The molecule has 0 spiro atoms. The van der Waals surface area contributed by atoms with Gasteiger partial charge < -0.3 is 9.29 Å². The van der Waals surface area contributed by atoms with E-state index in [9.17, 15) is 0 Å². The molecule has 98 valence electrons. The summed E-state index contributed by atoms with van der Waals surface area (Å²) in [6.07, 6.45) is 0.645. The molecule has 0 unspecified atom stereocenters. The van der Waals surface area contributed by atoms with Crippen LogP contribution in [0.5, 0.6) is 0 Å². The molecule has 0 saturated heterocycles. The second-order valence-electron chi connectivity index (χ2n) is 4.21. The molecule has 1 aromatic rings. The highest BCUT2D eigenvalue weighted by Gasteiger charge is 2.18. The molecule has 0 amide bonds. The molecule has 0 heterocycles. The summed E-state index contributed by atoms with van der Waals surface area (Å²) in [5.41, 5.74) is 0.957. The summed E-state index contributed by atoms with van der Waals surface area (Å²) < 4.78 is 5.65. The zero-order chi connectivity index (χ0) is 13.3. The second kappa shape index (κ2) is 8.56. The first-order chi connectivity index (χ1) is 8.03. The van der Waals surface area contributed by atoms with Crippen molar-refractivity contribution >= 4 is 12.0 Å². The van der Waals surface area contributed by atoms with Crippen LogP contribution < -0.4 is 0 Å². The number of hydrogen-bond donors (Lipinski definition) is 1. The van der Waals surface area contributed by atoms with Crippen molar-refractivity contribution in [3.05, 3.63) is 29.8 Å². The van der Waals surface area contributed by atoms with Gasteiger partial charge in [-0.3, -0.25) is 0 Å². The van der Waals surface area contributed by atoms with Crippen LogP contribution >= 0.6 is 12.0 Å². The van der Waals surface area contributed by atoms with Crippen LogP contribution in [-0.4, -0.2) is 17.3 Å². The van der Waals surface area contributed by atoms with Gasteiger partial charge >= 0.3 is 0 Å². The Balaban J connectivity index is 0.00000121. The molecule has 0 radical (unpaired) electrons. The molecule has 0 aliphatic rings. The molecule has 3 heteroatoms. The maximum absolute atomic E-state index is 8.85. The highest BCUT2D eigenvalue weighted by Crippen LogP contribution is 2.27. The Labute approximate surface area is 110 Å². The fraction of sp³-hybridized carbons (Fsp3) is 0.571. The van der Waals surface area contributed by atoms with Crippen LogP contribution in [0.3, 0.4) is 0 Å². The van der Waals surface area contributed by atoms with Crippen LogP contribution in [0.15, 0.2) is 29.2 Å². The van der Waals surface area contributed by atoms with Crippen LogP contribution in [0.1, 0.15) is 39.7 Å². The van der Waals surface area contributed by atoms with E-state index in [0.717, 1.165) is 4.90 Å². The quantitative estimate of drug-likeness (QED) is 0.800. The Morgan fingerprint density at radius 2 is 1.71 bits per heavy atom. The summed E-state index contributed by atoms with van der Waals surface area (Å²) in [4.78, 5) is 1.09. The molecular weight excluding hydrogens is 232 g/mol. The summed E-state index contributed by atoms with van der Waals surface area (Å²) in [5.74, 6) is 0. The lowest BCUT2D eigenvalue weighted by Gasteiger charge is -2.22. The van der Waals surface area contributed by atoms with Crippen molar-refractivity contribution in [3.63, 3.8) is 0 Å². The normalized spacial score (nSPS) is 10.7. The van der Waals surface area contributed by atoms with Crippen LogP contribution in [0.2, 0.25) is 0 Å². The standard InChI is InChI=1S/C12H18O2S.C2H6/c1-10-4-6-11(7-5-10)15-14-12(2,3)8-9-13;1-2/h4-7,13H,8-9H2,1-3H3;1-2H3. The van der Waals surface area contributed by atoms with E-state index in [4.69, 9.17) is 9.29 Å². The first-order valence-electron chi connectivity index (χ1n) is 6.07. The number of aryl methyl sites for hydroxylation is 1. The zero-order valence-corrected chi connectivity index (χ0v) is 12.3. The fourth-order valence-electron chi connectivity index (χ4n) is 1.07. The largest absolute Gasteiger partial charge is 0.396 e. The number of aliphatic hydroxyl groups excluding tert-OH is 1. The van der Waals surface area contributed by atoms with Crippen molar-refractivity contribution < 1.29 is 9.29 Å². The highest BCUT2D eigenvalue weighted by molar-refractivity contribution is 7.94. The van der Waals surface area contributed by atoms with E-state index in [-0.39, 0.29) is 12.2 Å². The average Bonchev–Trinajstić information content (AvgIpc) is 2.31. The average molecular weight is 256 g/mol. The third-order valence-electron chi connectivity index (χ3n) is 2.10. The Morgan fingerprint density at radius 1 is 1.18 bits per heavy atom. The van der Waals surface area contributed by atoms with Crippen LogP contribution in [0.25, 0.3) is 0 Å². The number of aliphatic hydroxyl groups is 1. The maximum atomic E-state index is 8.85. The molecule has 0 aromatic heterocycles. The third kappa shape index (κ3) is 7.42. The molecule has 1 rings (SSSR count). The van der Waals surface area contributed by atoms with Crippen LogP contribution in [0, 0.1) is 6.92 Å². The molecule has 0 saturated carbocycles. The van der Waals surface area contributed by atoms with E-state index in [1.165, 1.54) is 17.6 Å². The summed E-state index contributed by atoms with van der Waals surface area (Å²) >= 11 is 1.36. The predicted molar refractivity (Wildman–Crippen MR) is 75.3 cm³/mol. The van der Waals surface area contributed by atoms with Gasteiger partial charge in [-0.2, -0.15) is 0 Å². The topological polar surface area (TPSA) is 29.5 Å². The van der Waals surface area contributed by atoms with Crippen molar-refractivity contribution in [1.82, 2.24) is 0 Å². The van der Waals surface area contributed by atoms with Crippen LogP contribution in [0.4, 0.5) is 0 Å². The van der Waals surface area contributed by atoms with Crippen molar-refractivity contribution in [3.8, 4) is 0 Å². The lowest BCUT2D eigenvalue weighted by molar-refractivity contribution is 0.0998. The maximum Gasteiger partial charge on any atom is 0.0799 e. The van der Waals surface area contributed by atoms with Gasteiger partial charge in [0, 0.05) is 30.0 Å². The van der Waals surface area contributed by atoms with E-state index in [1.54, 1.807) is 0 Å². The molecule has 1 aromatic carbocycles. The van der Waals surface area contributed by atoms with Crippen molar-refractivity contribution in [2.75, 3.05) is 6.61 Å². The third-order valence-corrected chi connectivity index (χ3v) is 3.10. The van der Waals surface area contributed by atoms with E-state index in [1.807, 2.05) is 39.8 Å². The molecule has 17 heavy (non-hydrogen) atoms. The lowest BCUT2D eigenvalue weighted by Crippen LogP contribution is -2.22. The summed E-state index contributed by atoms with van der Waals surface area (Å²) in [7, 11) is 0. The van der Waals surface area contributed by atoms with Gasteiger partial charge in [-0.1, -0.05) is 31.5 Å². The Hall–Kier alpha value is -0.510. The molecule has 1 N–H and O–H groups in total. The monoisotopic (exact) mass is 256 g/mol. The van der Waals surface area contributed by atoms with Gasteiger partial charge in [0.05, 0.1) is 5.60 Å². The van der Waals surface area contributed by atoms with E-state index >= 15 is 0 Å². The van der Waals surface area contributed by atoms with Gasteiger partial charge in [0.25, 0.3) is 0 Å². The van der Waals surface area contributed by atoms with Gasteiger partial charge in [0.2, 0.25) is 0 Å². The van der Waals surface area contributed by atoms with Gasteiger partial charge in [0.15, 0.2) is 0 Å². The Bertz CT molecular complexity index is 294.